The van der Waals surface area contributed by atoms with Gasteiger partial charge in [0.1, 0.15) is 0 Å². The average molecular weight is 267 g/mol. The molecular formula is C13H21N3OS. The number of nitrogens with one attached hydrogen (secondary N) is 1. The highest BCUT2D eigenvalue weighted by Crippen LogP contribution is 2.10. The molecule has 0 radical (unpaired) electrons. The molecule has 1 saturated heterocycles. The fourth-order valence-electron chi connectivity index (χ4n) is 2.24. The van der Waals surface area contributed by atoms with E-state index in [1.165, 1.54) is 0 Å². The van der Waals surface area contributed by atoms with E-state index in [4.69, 9.17) is 0 Å². The van der Waals surface area contributed by atoms with Crippen molar-refractivity contribution in [3.63, 3.8) is 0 Å². The summed E-state index contributed by atoms with van der Waals surface area (Å²) >= 11 is 1.64. The van der Waals surface area contributed by atoms with Gasteiger partial charge in [0.15, 0.2) is 0 Å². The van der Waals surface area contributed by atoms with Crippen LogP contribution in [0.5, 0.6) is 0 Å². The molecule has 0 saturated carbocycles. The minimum Gasteiger partial charge on any atom is -0.344 e. The van der Waals surface area contributed by atoms with Crippen molar-refractivity contribution in [3.8, 4) is 0 Å². The van der Waals surface area contributed by atoms with E-state index in [1.807, 2.05) is 29.5 Å². The van der Waals surface area contributed by atoms with Crippen LogP contribution in [0, 0.1) is 0 Å². The average Bonchev–Trinajstić information content (AvgIpc) is 2.81. The van der Waals surface area contributed by atoms with Crippen LogP contribution in [-0.2, 0) is 11.2 Å². The SMILES string of the molecule is CN1CCNC(CN(C)C(=O)Cc2cccs2)C1. The Balaban J connectivity index is 1.79. The molecule has 5 heteroatoms. The van der Waals surface area contributed by atoms with Crippen LogP contribution < -0.4 is 5.32 Å². The van der Waals surface area contributed by atoms with Crippen molar-refractivity contribution in [3.05, 3.63) is 22.4 Å². The number of piperazine rings is 1. The third-order valence-electron chi connectivity index (χ3n) is 3.28. The maximum absolute atomic E-state index is 12.1. The highest BCUT2D eigenvalue weighted by Gasteiger charge is 2.20. The number of amides is 1. The molecule has 1 aliphatic heterocycles. The molecule has 0 spiro atoms. The molecule has 0 aliphatic carbocycles. The summed E-state index contributed by atoms with van der Waals surface area (Å²) in [6, 6.07) is 4.40. The van der Waals surface area contributed by atoms with Gasteiger partial charge in [-0.25, -0.2) is 0 Å². The molecule has 2 rings (SSSR count). The van der Waals surface area contributed by atoms with E-state index in [1.54, 1.807) is 11.3 Å². The maximum Gasteiger partial charge on any atom is 0.227 e. The zero-order chi connectivity index (χ0) is 13.0. The minimum atomic E-state index is 0.201. The van der Waals surface area contributed by atoms with Crippen LogP contribution >= 0.6 is 11.3 Å². The predicted molar refractivity (Wildman–Crippen MR) is 74.9 cm³/mol. The molecule has 100 valence electrons. The Kier molecular flexibility index (Phi) is 4.74. The monoisotopic (exact) mass is 267 g/mol. The van der Waals surface area contributed by atoms with Crippen molar-refractivity contribution in [2.75, 3.05) is 40.3 Å². The van der Waals surface area contributed by atoms with Crippen LogP contribution in [0.3, 0.4) is 0 Å². The fraction of sp³-hybridized carbons (Fsp3) is 0.615. The summed E-state index contributed by atoms with van der Waals surface area (Å²) in [6.07, 6.45) is 0.525. The zero-order valence-electron chi connectivity index (χ0n) is 11.1. The zero-order valence-corrected chi connectivity index (χ0v) is 11.9. The third-order valence-corrected chi connectivity index (χ3v) is 4.16. The number of rotatable bonds is 4. The molecule has 1 fully saturated rings. The van der Waals surface area contributed by atoms with Gasteiger partial charge in [0.25, 0.3) is 0 Å². The quantitative estimate of drug-likeness (QED) is 0.870. The summed E-state index contributed by atoms with van der Waals surface area (Å²) in [6.45, 7) is 3.89. The van der Waals surface area contributed by atoms with E-state index in [9.17, 15) is 4.79 Å². The van der Waals surface area contributed by atoms with Crippen molar-refractivity contribution >= 4 is 17.2 Å². The van der Waals surface area contributed by atoms with E-state index in [0.29, 0.717) is 12.5 Å². The maximum atomic E-state index is 12.1. The highest BCUT2D eigenvalue weighted by molar-refractivity contribution is 7.10. The third kappa shape index (κ3) is 3.80. The van der Waals surface area contributed by atoms with E-state index in [-0.39, 0.29) is 5.91 Å². The van der Waals surface area contributed by atoms with Gasteiger partial charge in [0.05, 0.1) is 6.42 Å². The van der Waals surface area contributed by atoms with Gasteiger partial charge in [-0.05, 0) is 18.5 Å². The normalized spacial score (nSPS) is 20.9. The molecule has 1 aromatic rings. The number of hydrogen-bond acceptors (Lipinski definition) is 4. The molecule has 4 nitrogen and oxygen atoms in total. The van der Waals surface area contributed by atoms with Crippen molar-refractivity contribution < 1.29 is 4.79 Å². The number of likely N-dealkylation sites (N-methyl/N-ethyl adjacent to an activating group) is 2. The van der Waals surface area contributed by atoms with Gasteiger partial charge in [-0.2, -0.15) is 0 Å². The second-order valence-corrected chi connectivity index (χ2v) is 5.98. The molecule has 1 atom stereocenters. The molecule has 2 heterocycles. The Morgan fingerprint density at radius 3 is 3.17 bits per heavy atom. The van der Waals surface area contributed by atoms with Crippen LogP contribution in [-0.4, -0.2) is 62.0 Å². The summed E-state index contributed by atoms with van der Waals surface area (Å²) < 4.78 is 0. The molecule has 1 unspecified atom stereocenters. The van der Waals surface area contributed by atoms with Crippen molar-refractivity contribution in [1.82, 2.24) is 15.1 Å². The Bertz CT molecular complexity index is 380. The minimum absolute atomic E-state index is 0.201. The smallest absolute Gasteiger partial charge is 0.227 e. The van der Waals surface area contributed by atoms with Gasteiger partial charge < -0.3 is 15.1 Å². The van der Waals surface area contributed by atoms with E-state index in [2.05, 4.69) is 17.3 Å². The summed E-state index contributed by atoms with van der Waals surface area (Å²) in [5.41, 5.74) is 0. The first-order valence-electron chi connectivity index (χ1n) is 6.33. The van der Waals surface area contributed by atoms with Crippen LogP contribution in [0.4, 0.5) is 0 Å². The summed E-state index contributed by atoms with van der Waals surface area (Å²) in [7, 11) is 4.02. The lowest BCUT2D eigenvalue weighted by Gasteiger charge is -2.33. The largest absolute Gasteiger partial charge is 0.344 e. The highest BCUT2D eigenvalue weighted by atomic mass is 32.1. The Hall–Kier alpha value is -0.910. The lowest BCUT2D eigenvalue weighted by atomic mass is 10.2. The molecule has 0 aromatic carbocycles. The predicted octanol–water partition coefficient (Wildman–Crippen LogP) is 0.653. The lowest BCUT2D eigenvalue weighted by Crippen LogP contribution is -2.54. The van der Waals surface area contributed by atoms with Crippen LogP contribution in [0.25, 0.3) is 0 Å². The molecule has 1 aromatic heterocycles. The summed E-state index contributed by atoms with van der Waals surface area (Å²) in [4.78, 5) is 17.3. The van der Waals surface area contributed by atoms with Crippen molar-refractivity contribution in [2.24, 2.45) is 0 Å². The number of hydrogen-bond donors (Lipinski definition) is 1. The Labute approximate surface area is 113 Å². The Morgan fingerprint density at radius 2 is 2.50 bits per heavy atom. The summed E-state index contributed by atoms with van der Waals surface area (Å²) in [5, 5.41) is 5.48. The van der Waals surface area contributed by atoms with Gasteiger partial charge in [-0.15, -0.1) is 11.3 Å². The number of carbonyl (C=O) groups excluding carboxylic acids is 1. The Morgan fingerprint density at radius 1 is 1.67 bits per heavy atom. The van der Waals surface area contributed by atoms with Crippen molar-refractivity contribution in [1.29, 1.82) is 0 Å². The summed E-state index contributed by atoms with van der Waals surface area (Å²) in [5.74, 6) is 0.201. The van der Waals surface area contributed by atoms with E-state index < -0.39 is 0 Å². The van der Waals surface area contributed by atoms with Crippen LogP contribution in [0.15, 0.2) is 17.5 Å². The first-order valence-corrected chi connectivity index (χ1v) is 7.21. The topological polar surface area (TPSA) is 35.6 Å². The second-order valence-electron chi connectivity index (χ2n) is 4.94. The lowest BCUT2D eigenvalue weighted by molar-refractivity contribution is -0.129. The number of thiophene rings is 1. The van der Waals surface area contributed by atoms with Crippen LogP contribution in [0.1, 0.15) is 4.88 Å². The van der Waals surface area contributed by atoms with Gasteiger partial charge in [-0.3, -0.25) is 4.79 Å². The fourth-order valence-corrected chi connectivity index (χ4v) is 2.94. The molecule has 18 heavy (non-hydrogen) atoms. The molecule has 1 aliphatic rings. The standard InChI is InChI=1S/C13H21N3OS/c1-15-6-5-14-11(9-15)10-16(2)13(17)8-12-4-3-7-18-12/h3-4,7,11,14H,5-6,8-10H2,1-2H3. The molecule has 0 bridgehead atoms. The first-order chi connectivity index (χ1) is 8.65. The van der Waals surface area contributed by atoms with Gasteiger partial charge in [-0.1, -0.05) is 6.07 Å². The van der Waals surface area contributed by atoms with Gasteiger partial charge in [0, 0.05) is 44.1 Å². The number of nitrogens with zero attached hydrogens (tertiary/aromatic N) is 2. The van der Waals surface area contributed by atoms with Gasteiger partial charge >= 0.3 is 0 Å². The molecule has 1 N–H and O–H groups in total. The second kappa shape index (κ2) is 6.31. The van der Waals surface area contributed by atoms with Crippen LogP contribution in [0.2, 0.25) is 0 Å². The number of carbonyl (C=O) groups is 1. The molecule has 1 amide bonds. The van der Waals surface area contributed by atoms with E-state index >= 15 is 0 Å². The first kappa shape index (κ1) is 13.5. The van der Waals surface area contributed by atoms with Crippen molar-refractivity contribution in [2.45, 2.75) is 12.5 Å². The van der Waals surface area contributed by atoms with E-state index in [0.717, 1.165) is 31.1 Å². The van der Waals surface area contributed by atoms with Gasteiger partial charge in [0.2, 0.25) is 5.91 Å². The molecular weight excluding hydrogens is 246 g/mol.